The summed E-state index contributed by atoms with van der Waals surface area (Å²) in [5.74, 6) is 1.20. The Bertz CT molecular complexity index is 695. The Kier molecular flexibility index (Phi) is 3.75. The Hall–Kier alpha value is -2.02. The molecule has 24 heavy (non-hydrogen) atoms. The molecule has 1 saturated carbocycles. The number of amides is 2. The number of carbonyl (C=O) groups is 1. The standard InChI is InChI=1S/C20H25N3O/c1-12-7-16-10-17(8-12)23(16)20(24)22-15-5-3-13(2)19(9-15)18-6-4-14(18)11-21/h3,5,9,12,14,16-18H,4,6-8,10H2,1-2H3,(H,22,24)/t12?,14-,16?,17?,18+/m0/s1. The summed E-state index contributed by atoms with van der Waals surface area (Å²) in [4.78, 5) is 14.7. The highest BCUT2D eigenvalue weighted by Crippen LogP contribution is 2.44. The molecule has 4 heteroatoms. The van der Waals surface area contributed by atoms with Crippen LogP contribution in [0.4, 0.5) is 10.5 Å². The van der Waals surface area contributed by atoms with Gasteiger partial charge in [-0.1, -0.05) is 13.0 Å². The average Bonchev–Trinajstić information content (AvgIpc) is 2.49. The van der Waals surface area contributed by atoms with Crippen LogP contribution in [0.15, 0.2) is 18.2 Å². The molecule has 126 valence electrons. The van der Waals surface area contributed by atoms with Crippen molar-refractivity contribution in [2.45, 2.75) is 64.0 Å². The number of urea groups is 1. The molecule has 2 saturated heterocycles. The minimum Gasteiger partial charge on any atom is -0.318 e. The molecule has 3 fully saturated rings. The highest BCUT2D eigenvalue weighted by atomic mass is 16.2. The predicted octanol–water partition coefficient (Wildman–Crippen LogP) is 4.42. The second-order valence-corrected chi connectivity index (χ2v) is 7.95. The van der Waals surface area contributed by atoms with E-state index in [0.29, 0.717) is 18.0 Å². The molecule has 3 aliphatic rings. The highest BCUT2D eigenvalue weighted by molar-refractivity contribution is 5.90. The summed E-state index contributed by atoms with van der Waals surface area (Å²) < 4.78 is 0. The van der Waals surface area contributed by atoms with Crippen LogP contribution in [0, 0.1) is 30.1 Å². The van der Waals surface area contributed by atoms with Crippen molar-refractivity contribution in [3.05, 3.63) is 29.3 Å². The van der Waals surface area contributed by atoms with Crippen molar-refractivity contribution in [1.82, 2.24) is 4.90 Å². The Morgan fingerprint density at radius 3 is 2.62 bits per heavy atom. The van der Waals surface area contributed by atoms with Gasteiger partial charge in [0.1, 0.15) is 0 Å². The van der Waals surface area contributed by atoms with Crippen molar-refractivity contribution in [1.29, 1.82) is 5.26 Å². The van der Waals surface area contributed by atoms with E-state index in [-0.39, 0.29) is 11.9 Å². The number of carbonyl (C=O) groups excluding carboxylic acids is 1. The second-order valence-electron chi connectivity index (χ2n) is 7.95. The molecule has 2 aliphatic heterocycles. The van der Waals surface area contributed by atoms with Crippen LogP contribution in [0.2, 0.25) is 0 Å². The minimum atomic E-state index is 0.0448. The second kappa shape index (κ2) is 5.81. The largest absolute Gasteiger partial charge is 0.322 e. The third kappa shape index (κ3) is 2.47. The maximum absolute atomic E-state index is 12.6. The van der Waals surface area contributed by atoms with Gasteiger partial charge in [0, 0.05) is 23.7 Å². The van der Waals surface area contributed by atoms with E-state index in [9.17, 15) is 10.1 Å². The molecule has 4 nitrogen and oxygen atoms in total. The molecule has 1 aromatic carbocycles. The van der Waals surface area contributed by atoms with Gasteiger partial charge in [-0.15, -0.1) is 0 Å². The van der Waals surface area contributed by atoms with Gasteiger partial charge in [-0.3, -0.25) is 0 Å². The van der Waals surface area contributed by atoms with Crippen molar-refractivity contribution in [2.75, 3.05) is 5.32 Å². The fourth-order valence-corrected chi connectivity index (χ4v) is 4.81. The number of nitrogens with zero attached hydrogens (tertiary/aromatic N) is 2. The van der Waals surface area contributed by atoms with Crippen molar-refractivity contribution < 1.29 is 4.79 Å². The van der Waals surface area contributed by atoms with Crippen LogP contribution in [0.25, 0.3) is 0 Å². The topological polar surface area (TPSA) is 56.1 Å². The maximum atomic E-state index is 12.6. The molecule has 4 atom stereocenters. The van der Waals surface area contributed by atoms with Crippen LogP contribution in [0.1, 0.15) is 56.1 Å². The third-order valence-electron chi connectivity index (χ3n) is 6.28. The van der Waals surface area contributed by atoms with Crippen LogP contribution in [0.3, 0.4) is 0 Å². The molecular formula is C20H25N3O. The zero-order valence-corrected chi connectivity index (χ0v) is 14.5. The van der Waals surface area contributed by atoms with E-state index in [1.807, 2.05) is 11.0 Å². The van der Waals surface area contributed by atoms with Crippen LogP contribution in [0.5, 0.6) is 0 Å². The van der Waals surface area contributed by atoms with E-state index in [2.05, 4.69) is 37.4 Å². The van der Waals surface area contributed by atoms with Crippen LogP contribution < -0.4 is 5.32 Å². The Balaban J connectivity index is 1.47. The lowest BCUT2D eigenvalue weighted by Crippen LogP contribution is -2.63. The van der Waals surface area contributed by atoms with E-state index in [0.717, 1.165) is 37.3 Å². The summed E-state index contributed by atoms with van der Waals surface area (Å²) in [5, 5.41) is 12.3. The lowest BCUT2D eigenvalue weighted by atomic mass is 9.70. The first-order valence-corrected chi connectivity index (χ1v) is 9.16. The maximum Gasteiger partial charge on any atom is 0.322 e. The summed E-state index contributed by atoms with van der Waals surface area (Å²) in [6.07, 6.45) is 5.50. The Morgan fingerprint density at radius 2 is 2.00 bits per heavy atom. The van der Waals surface area contributed by atoms with Gasteiger partial charge in [0.15, 0.2) is 0 Å². The summed E-state index contributed by atoms with van der Waals surface area (Å²) >= 11 is 0. The first kappa shape index (κ1) is 15.5. The van der Waals surface area contributed by atoms with Crippen molar-refractivity contribution in [3.8, 4) is 6.07 Å². The summed E-state index contributed by atoms with van der Waals surface area (Å²) in [5.41, 5.74) is 3.30. The van der Waals surface area contributed by atoms with Gasteiger partial charge < -0.3 is 10.2 Å². The predicted molar refractivity (Wildman–Crippen MR) is 93.7 cm³/mol. The lowest BCUT2D eigenvalue weighted by Gasteiger charge is -2.54. The van der Waals surface area contributed by atoms with Crippen molar-refractivity contribution in [3.63, 3.8) is 0 Å². The number of piperidine rings is 1. The SMILES string of the molecule is Cc1ccc(NC(=O)N2C3CC(C)CC2C3)cc1[C@@H]1CC[C@H]1C#N. The molecule has 2 heterocycles. The van der Waals surface area contributed by atoms with Gasteiger partial charge in [-0.05, 0) is 68.2 Å². The van der Waals surface area contributed by atoms with Crippen molar-refractivity contribution >= 4 is 11.7 Å². The van der Waals surface area contributed by atoms with Gasteiger partial charge >= 0.3 is 6.03 Å². The van der Waals surface area contributed by atoms with Crippen LogP contribution in [-0.4, -0.2) is 23.0 Å². The molecule has 1 aromatic rings. The number of benzene rings is 1. The van der Waals surface area contributed by atoms with Gasteiger partial charge in [0.2, 0.25) is 0 Å². The van der Waals surface area contributed by atoms with Gasteiger partial charge in [-0.2, -0.15) is 5.26 Å². The fourth-order valence-electron chi connectivity index (χ4n) is 4.81. The zero-order valence-electron chi connectivity index (χ0n) is 14.5. The monoisotopic (exact) mass is 323 g/mol. The minimum absolute atomic E-state index is 0.0448. The van der Waals surface area contributed by atoms with Crippen LogP contribution in [-0.2, 0) is 0 Å². The average molecular weight is 323 g/mol. The molecule has 0 spiro atoms. The third-order valence-corrected chi connectivity index (χ3v) is 6.28. The summed E-state index contributed by atoms with van der Waals surface area (Å²) in [7, 11) is 0. The van der Waals surface area contributed by atoms with Crippen molar-refractivity contribution in [2.24, 2.45) is 11.8 Å². The Morgan fingerprint density at radius 1 is 1.25 bits per heavy atom. The van der Waals surface area contributed by atoms with E-state index in [1.54, 1.807) is 0 Å². The van der Waals surface area contributed by atoms with Gasteiger partial charge in [-0.25, -0.2) is 4.79 Å². The molecule has 1 N–H and O–H groups in total. The Labute approximate surface area is 143 Å². The zero-order chi connectivity index (χ0) is 16.8. The normalized spacial score (nSPS) is 33.9. The number of hydrogen-bond donors (Lipinski definition) is 1. The van der Waals surface area contributed by atoms with Crippen LogP contribution >= 0.6 is 0 Å². The number of rotatable bonds is 2. The van der Waals surface area contributed by atoms with E-state index in [4.69, 9.17) is 0 Å². The van der Waals surface area contributed by atoms with E-state index >= 15 is 0 Å². The van der Waals surface area contributed by atoms with E-state index < -0.39 is 0 Å². The molecule has 0 radical (unpaired) electrons. The molecule has 2 unspecified atom stereocenters. The first-order chi connectivity index (χ1) is 11.6. The number of nitrogens with one attached hydrogen (secondary N) is 1. The molecule has 2 amide bonds. The smallest absolute Gasteiger partial charge is 0.318 e. The fraction of sp³-hybridized carbons (Fsp3) is 0.600. The number of hydrogen-bond acceptors (Lipinski definition) is 2. The summed E-state index contributed by atoms with van der Waals surface area (Å²) in [6.45, 7) is 4.37. The first-order valence-electron chi connectivity index (χ1n) is 9.16. The number of anilines is 1. The lowest BCUT2D eigenvalue weighted by molar-refractivity contribution is -0.00601. The molecule has 0 aromatic heterocycles. The van der Waals surface area contributed by atoms with E-state index in [1.165, 1.54) is 17.5 Å². The highest BCUT2D eigenvalue weighted by Gasteiger charge is 2.46. The van der Waals surface area contributed by atoms with Gasteiger partial charge in [0.25, 0.3) is 0 Å². The van der Waals surface area contributed by atoms with Gasteiger partial charge in [0.05, 0.1) is 12.0 Å². The number of fused-ring (bicyclic) bond motifs is 2. The molecule has 2 bridgehead atoms. The molecular weight excluding hydrogens is 298 g/mol. The molecule has 4 rings (SSSR count). The number of aryl methyl sites for hydroxylation is 1. The quantitative estimate of drug-likeness (QED) is 0.876. The molecule has 1 aliphatic carbocycles. The summed E-state index contributed by atoms with van der Waals surface area (Å²) in [6, 6.07) is 9.44. The number of nitriles is 1.